The highest BCUT2D eigenvalue weighted by molar-refractivity contribution is 9.10. The summed E-state index contributed by atoms with van der Waals surface area (Å²) < 4.78 is 24.3. The summed E-state index contributed by atoms with van der Waals surface area (Å²) in [5, 5.41) is -0.557. The summed E-state index contributed by atoms with van der Waals surface area (Å²) in [6, 6.07) is 6.94. The Hall–Kier alpha value is -0.390. The minimum absolute atomic E-state index is 0.123. The maximum atomic E-state index is 11.7. The highest BCUT2D eigenvalue weighted by Crippen LogP contribution is 2.21. The van der Waals surface area contributed by atoms with Crippen LogP contribution in [0.4, 0.5) is 0 Å². The number of nitrogens with two attached hydrogens (primary N) is 1. The monoisotopic (exact) mass is 305 g/mol. The quantitative estimate of drug-likeness (QED) is 0.928. The van der Waals surface area contributed by atoms with Crippen LogP contribution < -0.4 is 5.73 Å². The summed E-state index contributed by atoms with van der Waals surface area (Å²) in [6.07, 6.45) is 0. The fourth-order valence-corrected chi connectivity index (χ4v) is 2.84. The third-order valence-electron chi connectivity index (χ3n) is 2.73. The lowest BCUT2D eigenvalue weighted by atomic mass is 10.1. The van der Waals surface area contributed by atoms with Crippen LogP contribution in [0.2, 0.25) is 0 Å². The first-order chi connectivity index (χ1) is 7.38. The topological polar surface area (TPSA) is 60.2 Å². The molecule has 0 aliphatic rings. The highest BCUT2D eigenvalue weighted by Gasteiger charge is 2.26. The van der Waals surface area contributed by atoms with Crippen LogP contribution in [0.15, 0.2) is 28.7 Å². The number of hydrogen-bond donors (Lipinski definition) is 1. The van der Waals surface area contributed by atoms with Crippen LogP contribution in [0.5, 0.6) is 0 Å². The largest absolute Gasteiger partial charge is 0.323 e. The molecule has 0 aliphatic heterocycles. The van der Waals surface area contributed by atoms with E-state index in [1.807, 2.05) is 24.3 Å². The predicted octanol–water partition coefficient (Wildman–Crippen LogP) is 2.27. The van der Waals surface area contributed by atoms with E-state index in [4.69, 9.17) is 5.73 Å². The molecule has 0 heterocycles. The van der Waals surface area contributed by atoms with E-state index in [9.17, 15) is 8.42 Å². The van der Waals surface area contributed by atoms with Crippen molar-refractivity contribution in [1.29, 1.82) is 0 Å². The summed E-state index contributed by atoms with van der Waals surface area (Å²) in [7, 11) is -3.09. The molecule has 0 bridgehead atoms. The fraction of sp³-hybridized carbons (Fsp3) is 0.455. The highest BCUT2D eigenvalue weighted by atomic mass is 79.9. The Balaban J connectivity index is 2.94. The first-order valence-electron chi connectivity index (χ1n) is 5.11. The molecular weight excluding hydrogens is 290 g/mol. The van der Waals surface area contributed by atoms with Crippen molar-refractivity contribution in [1.82, 2.24) is 0 Å². The molecule has 0 radical (unpaired) electrons. The van der Waals surface area contributed by atoms with E-state index in [2.05, 4.69) is 15.9 Å². The zero-order chi connectivity index (χ0) is 12.3. The van der Waals surface area contributed by atoms with Gasteiger partial charge in [0.15, 0.2) is 9.84 Å². The maximum absolute atomic E-state index is 11.7. The van der Waals surface area contributed by atoms with Gasteiger partial charge in [0.1, 0.15) is 0 Å². The Bertz CT molecular complexity index is 442. The molecule has 16 heavy (non-hydrogen) atoms. The van der Waals surface area contributed by atoms with Gasteiger partial charge in [-0.05, 0) is 24.6 Å². The van der Waals surface area contributed by atoms with Gasteiger partial charge in [0, 0.05) is 16.3 Å². The van der Waals surface area contributed by atoms with E-state index >= 15 is 0 Å². The summed E-state index contributed by atoms with van der Waals surface area (Å²) >= 11 is 3.33. The molecule has 0 aliphatic carbocycles. The van der Waals surface area contributed by atoms with Gasteiger partial charge in [-0.15, -0.1) is 0 Å². The van der Waals surface area contributed by atoms with Gasteiger partial charge in [-0.1, -0.05) is 35.0 Å². The van der Waals surface area contributed by atoms with Crippen LogP contribution in [0.1, 0.15) is 25.5 Å². The van der Waals surface area contributed by atoms with Crippen LogP contribution in [-0.4, -0.2) is 19.4 Å². The van der Waals surface area contributed by atoms with Crippen molar-refractivity contribution in [2.45, 2.75) is 25.1 Å². The molecule has 1 aromatic carbocycles. The molecule has 1 rings (SSSR count). The Labute approximate surface area is 105 Å². The summed E-state index contributed by atoms with van der Waals surface area (Å²) in [5.74, 6) is 0.123. The van der Waals surface area contributed by atoms with Crippen molar-refractivity contribution < 1.29 is 8.42 Å². The molecule has 90 valence electrons. The number of rotatable bonds is 4. The number of halogens is 1. The zero-order valence-electron chi connectivity index (χ0n) is 9.35. The lowest BCUT2D eigenvalue weighted by molar-refractivity contribution is 0.566. The summed E-state index contributed by atoms with van der Waals surface area (Å²) in [4.78, 5) is 0. The molecular formula is C11H16BrNO2S. The van der Waals surface area contributed by atoms with Gasteiger partial charge < -0.3 is 5.73 Å². The van der Waals surface area contributed by atoms with Gasteiger partial charge >= 0.3 is 0 Å². The normalized spacial score (nSPS) is 15.8. The van der Waals surface area contributed by atoms with E-state index in [0.717, 1.165) is 10.0 Å². The van der Waals surface area contributed by atoms with Gasteiger partial charge in [0.05, 0.1) is 5.25 Å². The van der Waals surface area contributed by atoms with Gasteiger partial charge in [-0.25, -0.2) is 8.42 Å². The second-order valence-corrected chi connectivity index (χ2v) is 7.30. The Morgan fingerprint density at radius 3 is 2.25 bits per heavy atom. The van der Waals surface area contributed by atoms with E-state index < -0.39 is 21.1 Å². The molecule has 2 atom stereocenters. The lowest BCUT2D eigenvalue weighted by Crippen LogP contribution is -2.32. The first kappa shape index (κ1) is 13.7. The molecule has 3 nitrogen and oxygen atoms in total. The van der Waals surface area contributed by atoms with Crippen molar-refractivity contribution in [3.05, 3.63) is 34.3 Å². The summed E-state index contributed by atoms with van der Waals surface area (Å²) in [6.45, 7) is 3.30. The van der Waals surface area contributed by atoms with Crippen LogP contribution in [0, 0.1) is 0 Å². The molecule has 0 saturated carbocycles. The van der Waals surface area contributed by atoms with Crippen LogP contribution in [0.25, 0.3) is 0 Å². The van der Waals surface area contributed by atoms with E-state index in [-0.39, 0.29) is 5.75 Å². The number of sulfone groups is 1. The molecule has 0 fully saturated rings. The third kappa shape index (κ3) is 3.06. The van der Waals surface area contributed by atoms with Gasteiger partial charge in [-0.3, -0.25) is 0 Å². The molecule has 0 unspecified atom stereocenters. The number of hydrogen-bond acceptors (Lipinski definition) is 3. The van der Waals surface area contributed by atoms with E-state index in [0.29, 0.717) is 0 Å². The maximum Gasteiger partial charge on any atom is 0.154 e. The predicted molar refractivity (Wildman–Crippen MR) is 70.0 cm³/mol. The van der Waals surface area contributed by atoms with Crippen molar-refractivity contribution in [3.8, 4) is 0 Å². The van der Waals surface area contributed by atoms with E-state index in [1.165, 1.54) is 0 Å². The average molecular weight is 306 g/mol. The Morgan fingerprint density at radius 1 is 1.31 bits per heavy atom. The van der Waals surface area contributed by atoms with Crippen LogP contribution in [-0.2, 0) is 9.84 Å². The van der Waals surface area contributed by atoms with Gasteiger partial charge in [0.25, 0.3) is 0 Å². The molecule has 0 amide bonds. The minimum atomic E-state index is -3.09. The van der Waals surface area contributed by atoms with Gasteiger partial charge in [0.2, 0.25) is 0 Å². The van der Waals surface area contributed by atoms with Gasteiger partial charge in [-0.2, -0.15) is 0 Å². The second kappa shape index (κ2) is 5.29. The second-order valence-electron chi connectivity index (χ2n) is 3.73. The molecule has 0 aromatic heterocycles. The van der Waals surface area contributed by atoms with Crippen molar-refractivity contribution in [2.24, 2.45) is 5.73 Å². The first-order valence-corrected chi connectivity index (χ1v) is 7.62. The molecule has 1 aromatic rings. The molecule has 5 heteroatoms. The van der Waals surface area contributed by atoms with Crippen molar-refractivity contribution in [2.75, 3.05) is 5.75 Å². The van der Waals surface area contributed by atoms with E-state index in [1.54, 1.807) is 13.8 Å². The molecule has 2 N–H and O–H groups in total. The Kier molecular flexibility index (Phi) is 4.52. The van der Waals surface area contributed by atoms with Crippen LogP contribution >= 0.6 is 15.9 Å². The Morgan fingerprint density at radius 2 is 1.81 bits per heavy atom. The van der Waals surface area contributed by atoms with Crippen molar-refractivity contribution >= 4 is 25.8 Å². The molecule has 0 spiro atoms. The van der Waals surface area contributed by atoms with Crippen LogP contribution in [0.3, 0.4) is 0 Å². The standard InChI is InChI=1S/C11H16BrNO2S/c1-3-16(14,15)8(2)11(13)9-4-6-10(12)7-5-9/h4-8,11H,3,13H2,1-2H3/t8-,11-/m1/s1. The summed E-state index contributed by atoms with van der Waals surface area (Å²) in [5.41, 5.74) is 6.80. The minimum Gasteiger partial charge on any atom is -0.323 e. The SMILES string of the molecule is CCS(=O)(=O)[C@H](C)[C@@H](N)c1ccc(Br)cc1. The zero-order valence-corrected chi connectivity index (χ0v) is 11.8. The van der Waals surface area contributed by atoms with Crippen molar-refractivity contribution in [3.63, 3.8) is 0 Å². The fourth-order valence-electron chi connectivity index (χ4n) is 1.44. The third-order valence-corrected chi connectivity index (χ3v) is 5.49. The number of benzene rings is 1. The smallest absolute Gasteiger partial charge is 0.154 e. The lowest BCUT2D eigenvalue weighted by Gasteiger charge is -2.19. The average Bonchev–Trinajstić information content (AvgIpc) is 2.28. The molecule has 0 saturated heterocycles.